The van der Waals surface area contributed by atoms with Crippen LogP contribution in [0, 0.1) is 0 Å². The van der Waals surface area contributed by atoms with Gasteiger partial charge in [-0.2, -0.15) is 0 Å². The van der Waals surface area contributed by atoms with Crippen LogP contribution in [0.3, 0.4) is 0 Å². The van der Waals surface area contributed by atoms with E-state index in [1.807, 2.05) is 24.3 Å². The van der Waals surface area contributed by atoms with E-state index in [2.05, 4.69) is 0 Å². The predicted molar refractivity (Wildman–Crippen MR) is 62.1 cm³/mol. The van der Waals surface area contributed by atoms with Gasteiger partial charge in [-0.15, -0.1) is 0 Å². The number of methoxy groups -OCH3 is 2. The molecule has 0 saturated heterocycles. The van der Waals surface area contributed by atoms with Crippen molar-refractivity contribution in [1.82, 2.24) is 0 Å². The molecule has 0 aliphatic heterocycles. The van der Waals surface area contributed by atoms with Crippen LogP contribution < -0.4 is 5.73 Å². The second-order valence-corrected chi connectivity index (χ2v) is 3.60. The number of hydrogen-bond acceptors (Lipinski definition) is 4. The van der Waals surface area contributed by atoms with E-state index in [4.69, 9.17) is 15.2 Å². The minimum atomic E-state index is -0.600. The van der Waals surface area contributed by atoms with Crippen LogP contribution in [0.1, 0.15) is 23.3 Å². The summed E-state index contributed by atoms with van der Waals surface area (Å²) < 4.78 is 10.3. The molecule has 0 amide bonds. The van der Waals surface area contributed by atoms with Crippen LogP contribution in [0.15, 0.2) is 24.3 Å². The van der Waals surface area contributed by atoms with Crippen molar-refractivity contribution >= 4 is 0 Å². The summed E-state index contributed by atoms with van der Waals surface area (Å²) in [5.74, 6) is 0. The first kappa shape index (κ1) is 13.1. The molecule has 4 heteroatoms. The van der Waals surface area contributed by atoms with Gasteiger partial charge >= 0.3 is 0 Å². The highest BCUT2D eigenvalue weighted by Crippen LogP contribution is 2.19. The van der Waals surface area contributed by atoms with E-state index in [0.29, 0.717) is 6.61 Å². The van der Waals surface area contributed by atoms with E-state index in [1.165, 1.54) is 0 Å². The van der Waals surface area contributed by atoms with Crippen molar-refractivity contribution in [2.75, 3.05) is 27.4 Å². The summed E-state index contributed by atoms with van der Waals surface area (Å²) >= 11 is 0. The molecule has 1 aromatic carbocycles. The molecular weight excluding hydrogens is 206 g/mol. The summed E-state index contributed by atoms with van der Waals surface area (Å²) in [4.78, 5) is 0. The molecule has 0 aromatic heterocycles. The van der Waals surface area contributed by atoms with E-state index in [0.717, 1.165) is 11.1 Å². The number of aliphatic hydroxyl groups is 1. The molecule has 0 radical (unpaired) electrons. The molecule has 0 bridgehead atoms. The van der Waals surface area contributed by atoms with Crippen LogP contribution >= 0.6 is 0 Å². The van der Waals surface area contributed by atoms with Crippen LogP contribution in [0.5, 0.6) is 0 Å². The van der Waals surface area contributed by atoms with Crippen LogP contribution in [0.4, 0.5) is 0 Å². The minimum absolute atomic E-state index is 0.0749. The van der Waals surface area contributed by atoms with Gasteiger partial charge < -0.3 is 20.3 Å². The summed E-state index contributed by atoms with van der Waals surface area (Å²) in [5, 5.41) is 9.54. The lowest BCUT2D eigenvalue weighted by molar-refractivity contribution is 0.0274. The van der Waals surface area contributed by atoms with Gasteiger partial charge in [0.15, 0.2) is 0 Å². The largest absolute Gasteiger partial charge is 0.387 e. The molecule has 2 atom stereocenters. The van der Waals surface area contributed by atoms with Gasteiger partial charge in [0.1, 0.15) is 6.10 Å². The molecule has 1 aromatic rings. The number of rotatable bonds is 6. The van der Waals surface area contributed by atoms with Gasteiger partial charge in [-0.1, -0.05) is 24.3 Å². The first-order valence-corrected chi connectivity index (χ1v) is 5.22. The predicted octanol–water partition coefficient (Wildman–Crippen LogP) is 1.01. The Balaban J connectivity index is 2.76. The Labute approximate surface area is 96.0 Å². The van der Waals surface area contributed by atoms with E-state index in [-0.39, 0.29) is 12.6 Å². The second kappa shape index (κ2) is 6.60. The molecule has 0 aliphatic rings. The topological polar surface area (TPSA) is 64.7 Å². The van der Waals surface area contributed by atoms with Gasteiger partial charge in [0, 0.05) is 20.8 Å². The lowest BCUT2D eigenvalue weighted by Gasteiger charge is -2.16. The Morgan fingerprint density at radius 3 is 2.19 bits per heavy atom. The zero-order valence-electron chi connectivity index (χ0n) is 9.72. The van der Waals surface area contributed by atoms with Crippen LogP contribution in [-0.2, 0) is 9.47 Å². The van der Waals surface area contributed by atoms with Crippen molar-refractivity contribution in [1.29, 1.82) is 0 Å². The fourth-order valence-electron chi connectivity index (χ4n) is 1.52. The monoisotopic (exact) mass is 225 g/mol. The van der Waals surface area contributed by atoms with Gasteiger partial charge in [-0.3, -0.25) is 0 Å². The highest BCUT2D eigenvalue weighted by atomic mass is 16.5. The Morgan fingerprint density at radius 1 is 1.19 bits per heavy atom. The Bertz CT molecular complexity index is 300. The smallest absolute Gasteiger partial charge is 0.105 e. The maximum absolute atomic E-state index is 9.54. The molecule has 0 heterocycles. The maximum atomic E-state index is 9.54. The average Bonchev–Trinajstić information content (AvgIpc) is 2.35. The molecule has 0 unspecified atom stereocenters. The SMILES string of the molecule is COC[C@H](OC)c1ccc([C@@H](O)CN)cc1. The third-order valence-corrected chi connectivity index (χ3v) is 2.52. The van der Waals surface area contributed by atoms with Crippen LogP contribution in [0.2, 0.25) is 0 Å². The molecule has 0 spiro atoms. The van der Waals surface area contributed by atoms with Crippen molar-refractivity contribution in [3.05, 3.63) is 35.4 Å². The van der Waals surface area contributed by atoms with Crippen LogP contribution in [0.25, 0.3) is 0 Å². The zero-order chi connectivity index (χ0) is 12.0. The van der Waals surface area contributed by atoms with Gasteiger partial charge in [-0.05, 0) is 11.1 Å². The summed E-state index contributed by atoms with van der Waals surface area (Å²) in [6.07, 6.45) is -0.675. The number of benzene rings is 1. The third kappa shape index (κ3) is 3.28. The van der Waals surface area contributed by atoms with Crippen molar-refractivity contribution < 1.29 is 14.6 Å². The van der Waals surface area contributed by atoms with Gasteiger partial charge in [0.25, 0.3) is 0 Å². The van der Waals surface area contributed by atoms with E-state index in [9.17, 15) is 5.11 Å². The fraction of sp³-hybridized carbons (Fsp3) is 0.500. The number of hydrogen-bond donors (Lipinski definition) is 2. The minimum Gasteiger partial charge on any atom is -0.387 e. The standard InChI is InChI=1S/C12H19NO3/c1-15-8-12(16-2)10-5-3-9(4-6-10)11(14)7-13/h3-6,11-12,14H,7-8,13H2,1-2H3/t11-,12-/m0/s1. The van der Waals surface area contributed by atoms with Gasteiger partial charge in [0.05, 0.1) is 12.7 Å². The first-order chi connectivity index (χ1) is 7.72. The van der Waals surface area contributed by atoms with Crippen molar-refractivity contribution in [2.24, 2.45) is 5.73 Å². The molecular formula is C12H19NO3. The van der Waals surface area contributed by atoms with Gasteiger partial charge in [-0.25, -0.2) is 0 Å². The van der Waals surface area contributed by atoms with E-state index < -0.39 is 6.10 Å². The molecule has 0 saturated carbocycles. The summed E-state index contributed by atoms with van der Waals surface area (Å²) in [7, 11) is 3.28. The number of ether oxygens (including phenoxy) is 2. The Morgan fingerprint density at radius 2 is 1.75 bits per heavy atom. The Kier molecular flexibility index (Phi) is 5.42. The number of aliphatic hydroxyl groups excluding tert-OH is 1. The average molecular weight is 225 g/mol. The fourth-order valence-corrected chi connectivity index (χ4v) is 1.52. The number of nitrogens with two attached hydrogens (primary N) is 1. The third-order valence-electron chi connectivity index (χ3n) is 2.52. The molecule has 3 N–H and O–H groups in total. The lowest BCUT2D eigenvalue weighted by Crippen LogP contribution is -2.12. The van der Waals surface area contributed by atoms with E-state index >= 15 is 0 Å². The zero-order valence-corrected chi connectivity index (χ0v) is 9.72. The summed E-state index contributed by atoms with van der Waals surface area (Å²) in [5.41, 5.74) is 7.22. The molecule has 90 valence electrons. The van der Waals surface area contributed by atoms with Crippen molar-refractivity contribution in [2.45, 2.75) is 12.2 Å². The molecule has 0 fully saturated rings. The van der Waals surface area contributed by atoms with Crippen LogP contribution in [-0.4, -0.2) is 32.5 Å². The quantitative estimate of drug-likeness (QED) is 0.758. The molecule has 0 aliphatic carbocycles. The normalized spacial score (nSPS) is 14.8. The summed E-state index contributed by atoms with van der Waals surface area (Å²) in [6, 6.07) is 7.55. The van der Waals surface area contributed by atoms with Gasteiger partial charge in [0.2, 0.25) is 0 Å². The lowest BCUT2D eigenvalue weighted by atomic mass is 10.0. The van der Waals surface area contributed by atoms with Crippen molar-refractivity contribution in [3.63, 3.8) is 0 Å². The first-order valence-electron chi connectivity index (χ1n) is 5.22. The second-order valence-electron chi connectivity index (χ2n) is 3.60. The highest BCUT2D eigenvalue weighted by molar-refractivity contribution is 5.26. The maximum Gasteiger partial charge on any atom is 0.105 e. The molecule has 16 heavy (non-hydrogen) atoms. The highest BCUT2D eigenvalue weighted by Gasteiger charge is 2.11. The summed E-state index contributed by atoms with van der Waals surface area (Å²) in [6.45, 7) is 0.737. The molecule has 4 nitrogen and oxygen atoms in total. The van der Waals surface area contributed by atoms with Crippen molar-refractivity contribution in [3.8, 4) is 0 Å². The Hall–Kier alpha value is -0.940. The van der Waals surface area contributed by atoms with E-state index in [1.54, 1.807) is 14.2 Å². The molecule has 1 rings (SSSR count).